The van der Waals surface area contributed by atoms with E-state index < -0.39 is 0 Å². The Hall–Kier alpha value is -2.48. The van der Waals surface area contributed by atoms with Gasteiger partial charge in [0.25, 0.3) is 0 Å². The number of thiazole rings is 1. The number of carbonyl (C=O) groups is 1. The van der Waals surface area contributed by atoms with Gasteiger partial charge in [-0.25, -0.2) is 9.97 Å². The maximum absolute atomic E-state index is 12.7. The Labute approximate surface area is 156 Å². The molecule has 0 radical (unpaired) electrons. The molecule has 8 heteroatoms. The van der Waals surface area contributed by atoms with Gasteiger partial charge in [0, 0.05) is 48.7 Å². The van der Waals surface area contributed by atoms with Gasteiger partial charge in [-0.3, -0.25) is 9.48 Å². The summed E-state index contributed by atoms with van der Waals surface area (Å²) < 4.78 is 3.92. The highest BCUT2D eigenvalue weighted by atomic mass is 32.1. The molecule has 0 unspecified atom stereocenters. The molecule has 7 nitrogen and oxygen atoms in total. The highest BCUT2D eigenvalue weighted by Gasteiger charge is 2.27. The fourth-order valence-corrected chi connectivity index (χ4v) is 4.06. The number of hydrogen-bond donors (Lipinski definition) is 0. The van der Waals surface area contributed by atoms with E-state index in [1.54, 1.807) is 22.2 Å². The molecule has 0 bridgehead atoms. The Bertz CT molecular complexity index is 868. The zero-order valence-corrected chi connectivity index (χ0v) is 15.6. The third-order valence-corrected chi connectivity index (χ3v) is 5.55. The molecule has 3 aromatic rings. The average Bonchev–Trinajstić information content (AvgIpc) is 3.39. The van der Waals surface area contributed by atoms with Crippen LogP contribution in [0.3, 0.4) is 0 Å². The highest BCUT2D eigenvalue weighted by Crippen LogP contribution is 2.26. The van der Waals surface area contributed by atoms with Crippen LogP contribution in [0.5, 0.6) is 0 Å². The average molecular weight is 370 g/mol. The van der Waals surface area contributed by atoms with Crippen LogP contribution in [0.4, 0.5) is 0 Å². The van der Waals surface area contributed by atoms with Gasteiger partial charge in [0.2, 0.25) is 5.91 Å². The van der Waals surface area contributed by atoms with E-state index in [4.69, 9.17) is 0 Å². The maximum atomic E-state index is 12.7. The smallest absolute Gasteiger partial charge is 0.244 e. The van der Waals surface area contributed by atoms with Crippen molar-refractivity contribution in [1.29, 1.82) is 0 Å². The third kappa shape index (κ3) is 3.55. The summed E-state index contributed by atoms with van der Waals surface area (Å²) >= 11 is 1.60. The van der Waals surface area contributed by atoms with E-state index in [1.165, 1.54) is 0 Å². The molecule has 0 saturated carbocycles. The van der Waals surface area contributed by atoms with Crippen molar-refractivity contribution in [3.63, 3.8) is 0 Å². The second kappa shape index (κ2) is 7.41. The largest absolute Gasteiger partial charge is 0.340 e. The lowest BCUT2D eigenvalue weighted by Gasteiger charge is -2.32. The van der Waals surface area contributed by atoms with Crippen LogP contribution < -0.4 is 0 Å². The number of nitrogens with zero attached hydrogens (tertiary/aromatic N) is 6. The normalized spacial score (nSPS) is 17.6. The molecule has 136 valence electrons. The summed E-state index contributed by atoms with van der Waals surface area (Å²) in [5.74, 6) is 1.44. The SMILES string of the molecule is Cc1ccnn1CC(=O)N1CCC[C@@H](c2nccn2Cc2cscn2)C1. The number of aryl methyl sites for hydroxylation is 1. The van der Waals surface area contributed by atoms with Crippen molar-refractivity contribution in [2.75, 3.05) is 13.1 Å². The predicted molar refractivity (Wildman–Crippen MR) is 99.0 cm³/mol. The minimum atomic E-state index is 0.124. The van der Waals surface area contributed by atoms with Crippen LogP contribution in [0, 0.1) is 6.92 Å². The van der Waals surface area contributed by atoms with Crippen molar-refractivity contribution in [2.24, 2.45) is 0 Å². The molecular formula is C18H22N6OS. The molecular weight excluding hydrogens is 348 g/mol. The molecule has 1 fully saturated rings. The monoisotopic (exact) mass is 370 g/mol. The van der Waals surface area contributed by atoms with E-state index in [-0.39, 0.29) is 11.8 Å². The number of amides is 1. The van der Waals surface area contributed by atoms with Crippen molar-refractivity contribution in [3.8, 4) is 0 Å². The summed E-state index contributed by atoms with van der Waals surface area (Å²) in [4.78, 5) is 23.6. The van der Waals surface area contributed by atoms with Gasteiger partial charge in [-0.1, -0.05) is 0 Å². The maximum Gasteiger partial charge on any atom is 0.244 e. The Morgan fingerprint density at radius 1 is 1.35 bits per heavy atom. The van der Waals surface area contributed by atoms with Gasteiger partial charge < -0.3 is 9.47 Å². The minimum Gasteiger partial charge on any atom is -0.340 e. The molecule has 1 amide bonds. The van der Waals surface area contributed by atoms with Crippen LogP contribution in [0.25, 0.3) is 0 Å². The van der Waals surface area contributed by atoms with Gasteiger partial charge in [-0.2, -0.15) is 5.10 Å². The second-order valence-corrected chi connectivity index (χ2v) is 7.42. The molecule has 1 saturated heterocycles. The van der Waals surface area contributed by atoms with Crippen molar-refractivity contribution >= 4 is 17.2 Å². The number of piperidine rings is 1. The van der Waals surface area contributed by atoms with Crippen LogP contribution in [-0.4, -0.2) is 48.2 Å². The van der Waals surface area contributed by atoms with Crippen molar-refractivity contribution in [2.45, 2.75) is 38.8 Å². The minimum absolute atomic E-state index is 0.124. The van der Waals surface area contributed by atoms with E-state index in [2.05, 4.69) is 25.0 Å². The second-order valence-electron chi connectivity index (χ2n) is 6.70. The molecule has 1 atom stereocenters. The standard InChI is InChI=1S/C18H22N6OS/c1-14-4-5-21-24(14)11-17(25)22-7-2-3-15(9-22)18-19-6-8-23(18)10-16-12-26-13-20-16/h4-6,8,12-13,15H,2-3,7,9-11H2,1H3/t15-/m1/s1. The van der Waals surface area contributed by atoms with Crippen molar-refractivity contribution in [1.82, 2.24) is 29.2 Å². The van der Waals surface area contributed by atoms with Crippen LogP contribution >= 0.6 is 11.3 Å². The van der Waals surface area contributed by atoms with E-state index in [0.29, 0.717) is 13.1 Å². The molecule has 1 aliphatic heterocycles. The summed E-state index contributed by atoms with van der Waals surface area (Å²) in [7, 11) is 0. The first kappa shape index (κ1) is 17.0. The third-order valence-electron chi connectivity index (χ3n) is 4.92. The molecule has 0 spiro atoms. The van der Waals surface area contributed by atoms with E-state index in [0.717, 1.165) is 43.1 Å². The molecule has 4 rings (SSSR count). The van der Waals surface area contributed by atoms with Crippen molar-refractivity contribution < 1.29 is 4.79 Å². The Kier molecular flexibility index (Phi) is 4.83. The van der Waals surface area contributed by atoms with Crippen LogP contribution in [0.1, 0.15) is 36.0 Å². The summed E-state index contributed by atoms with van der Waals surface area (Å²) in [6.45, 7) is 4.53. The number of imidazole rings is 1. The van der Waals surface area contributed by atoms with Gasteiger partial charge >= 0.3 is 0 Å². The lowest BCUT2D eigenvalue weighted by molar-refractivity contribution is -0.133. The summed E-state index contributed by atoms with van der Waals surface area (Å²) in [6, 6.07) is 1.92. The predicted octanol–water partition coefficient (Wildman–Crippen LogP) is 2.30. The number of likely N-dealkylation sites (tertiary alicyclic amines) is 1. The van der Waals surface area contributed by atoms with Gasteiger partial charge in [-0.15, -0.1) is 11.3 Å². The van der Waals surface area contributed by atoms with Crippen LogP contribution in [0.15, 0.2) is 35.5 Å². The highest BCUT2D eigenvalue weighted by molar-refractivity contribution is 7.07. The zero-order valence-electron chi connectivity index (χ0n) is 14.8. The first-order valence-corrected chi connectivity index (χ1v) is 9.79. The quantitative estimate of drug-likeness (QED) is 0.691. The van der Waals surface area contributed by atoms with Gasteiger partial charge in [0.15, 0.2) is 0 Å². The fourth-order valence-electron chi connectivity index (χ4n) is 3.51. The molecule has 0 aliphatic carbocycles. The first-order chi connectivity index (χ1) is 12.7. The zero-order chi connectivity index (χ0) is 17.9. The van der Waals surface area contributed by atoms with Gasteiger partial charge in [0.05, 0.1) is 17.7 Å². The lowest BCUT2D eigenvalue weighted by Crippen LogP contribution is -2.41. The molecule has 1 aliphatic rings. The summed E-state index contributed by atoms with van der Waals surface area (Å²) in [5, 5.41) is 6.28. The molecule has 0 aromatic carbocycles. The number of carbonyl (C=O) groups excluding carboxylic acids is 1. The van der Waals surface area contributed by atoms with Gasteiger partial charge in [0.1, 0.15) is 12.4 Å². The Morgan fingerprint density at radius 2 is 2.27 bits per heavy atom. The summed E-state index contributed by atoms with van der Waals surface area (Å²) in [6.07, 6.45) is 7.63. The van der Waals surface area contributed by atoms with Crippen LogP contribution in [-0.2, 0) is 17.9 Å². The van der Waals surface area contributed by atoms with E-state index in [9.17, 15) is 4.79 Å². The Morgan fingerprint density at radius 3 is 3.04 bits per heavy atom. The molecule has 0 N–H and O–H groups in total. The van der Waals surface area contributed by atoms with Gasteiger partial charge in [-0.05, 0) is 25.8 Å². The molecule has 4 heterocycles. The summed E-state index contributed by atoms with van der Waals surface area (Å²) in [5.41, 5.74) is 3.90. The van der Waals surface area contributed by atoms with E-state index >= 15 is 0 Å². The number of rotatable bonds is 5. The van der Waals surface area contributed by atoms with Crippen molar-refractivity contribution in [3.05, 3.63) is 52.8 Å². The number of hydrogen-bond acceptors (Lipinski definition) is 5. The van der Waals surface area contributed by atoms with Crippen LogP contribution in [0.2, 0.25) is 0 Å². The topological polar surface area (TPSA) is 68.8 Å². The number of aromatic nitrogens is 5. The lowest BCUT2D eigenvalue weighted by atomic mass is 9.97. The fraction of sp³-hybridized carbons (Fsp3) is 0.444. The first-order valence-electron chi connectivity index (χ1n) is 8.85. The van der Waals surface area contributed by atoms with E-state index in [1.807, 2.05) is 35.8 Å². The molecule has 26 heavy (non-hydrogen) atoms. The Balaban J connectivity index is 1.45. The molecule has 3 aromatic heterocycles.